The molecule has 236 valence electrons. The number of halogens is 3. The molecule has 0 aliphatic carbocycles. The number of rotatable bonds is 3. The van der Waals surface area contributed by atoms with Gasteiger partial charge in [0.05, 0.1) is 5.56 Å². The van der Waals surface area contributed by atoms with Gasteiger partial charge in [0.15, 0.2) is 5.82 Å². The summed E-state index contributed by atoms with van der Waals surface area (Å²) in [6.45, 7) is 15.1. The van der Waals surface area contributed by atoms with Gasteiger partial charge in [0.1, 0.15) is 17.0 Å². The molecule has 2 fully saturated rings. The Morgan fingerprint density at radius 1 is 0.864 bits per heavy atom. The molecule has 0 radical (unpaired) electrons. The first-order chi connectivity index (χ1) is 20.9. The number of hydrogen-bond donors (Lipinski definition) is 3. The number of nitrogens with one attached hydrogen (secondary N) is 3. The van der Waals surface area contributed by atoms with Crippen LogP contribution in [-0.4, -0.2) is 90.1 Å². The summed E-state index contributed by atoms with van der Waals surface area (Å²) in [4.78, 5) is 19.1. The van der Waals surface area contributed by atoms with Gasteiger partial charge >= 0.3 is 6.18 Å². The molecule has 2 aliphatic heterocycles. The van der Waals surface area contributed by atoms with Gasteiger partial charge < -0.3 is 30.3 Å². The third-order valence-electron chi connectivity index (χ3n) is 7.61. The number of nitrogens with zero attached hydrogens (tertiary/aromatic N) is 6. The van der Waals surface area contributed by atoms with Gasteiger partial charge in [0.2, 0.25) is 11.3 Å². The average Bonchev–Trinajstić information content (AvgIpc) is 3.18. The number of H-pyrrole nitrogens is 1. The molecule has 2 aromatic heterocycles. The number of carboxylic acids is 1. The van der Waals surface area contributed by atoms with Crippen LogP contribution in [0.3, 0.4) is 0 Å². The minimum Gasteiger partial charge on any atom is -0.542 e. The molecule has 0 unspecified atom stereocenters. The van der Waals surface area contributed by atoms with Crippen molar-refractivity contribution >= 4 is 49.1 Å². The summed E-state index contributed by atoms with van der Waals surface area (Å²) >= 11 is 1.83. The van der Waals surface area contributed by atoms with E-state index in [4.69, 9.17) is 14.9 Å². The quantitative estimate of drug-likeness (QED) is 0.229. The lowest BCUT2D eigenvalue weighted by Gasteiger charge is -2.26. The third kappa shape index (κ3) is 7.33. The number of carbonyl (C=O) groups excluding carboxylic acids is 1. The van der Waals surface area contributed by atoms with Gasteiger partial charge in [-0.1, -0.05) is 20.8 Å². The normalized spacial score (nSPS) is 16.8. The molecule has 0 saturated carbocycles. The summed E-state index contributed by atoms with van der Waals surface area (Å²) in [5, 5.41) is 30.8. The van der Waals surface area contributed by atoms with E-state index in [2.05, 4.69) is 86.1 Å². The van der Waals surface area contributed by atoms with Gasteiger partial charge in [-0.2, -0.15) is 13.2 Å². The number of hydrogen-bond acceptors (Lipinski definition) is 10. The van der Waals surface area contributed by atoms with Crippen LogP contribution in [0.15, 0.2) is 24.3 Å². The van der Waals surface area contributed by atoms with Gasteiger partial charge in [-0.25, -0.2) is 10.1 Å². The molecule has 4 aromatic rings. The second-order valence-corrected chi connectivity index (χ2v) is 12.9. The number of tetrazole rings is 1. The molecule has 4 heterocycles. The second-order valence-electron chi connectivity index (χ2n) is 11.9. The van der Waals surface area contributed by atoms with Crippen molar-refractivity contribution in [2.24, 2.45) is 0 Å². The SMILES string of the molecule is CC(C)(C)c1cc(N2CCCNCC2)cc2[s+]c3cc(N4CCCNCC4)cc(-c4nnn[nH]4)c3nc12.O=C([O-])C(F)(F)F. The topological polar surface area (TPSA) is 138 Å². The maximum absolute atomic E-state index is 10.5. The van der Waals surface area contributed by atoms with Crippen molar-refractivity contribution in [3.63, 3.8) is 0 Å². The van der Waals surface area contributed by atoms with Gasteiger partial charge in [0.25, 0.3) is 9.40 Å². The summed E-state index contributed by atoms with van der Waals surface area (Å²) in [5.41, 5.74) is 6.71. The lowest BCUT2D eigenvalue weighted by molar-refractivity contribution is -0.344. The molecule has 11 nitrogen and oxygen atoms in total. The van der Waals surface area contributed by atoms with Gasteiger partial charge in [0, 0.05) is 62.8 Å². The number of fused-ring (bicyclic) bond motifs is 2. The van der Waals surface area contributed by atoms with E-state index in [0.717, 1.165) is 86.5 Å². The van der Waals surface area contributed by atoms with Crippen LogP contribution in [0.25, 0.3) is 31.8 Å². The Balaban J connectivity index is 0.000000493. The fourth-order valence-electron chi connectivity index (χ4n) is 5.40. The van der Waals surface area contributed by atoms with Gasteiger partial charge in [-0.05, 0) is 59.5 Å². The molecule has 44 heavy (non-hydrogen) atoms. The van der Waals surface area contributed by atoms with Crippen molar-refractivity contribution in [1.82, 2.24) is 36.2 Å². The van der Waals surface area contributed by atoms with Crippen molar-refractivity contribution in [2.45, 2.75) is 45.2 Å². The highest BCUT2D eigenvalue weighted by molar-refractivity contribution is 7.24. The van der Waals surface area contributed by atoms with Crippen LogP contribution in [0.1, 0.15) is 39.2 Å². The standard InChI is InChI=1S/C27H36N9S.C2HF3O2/c1-27(2,3)21-15-19(36-11-5-7-29-9-13-36)17-23-25(21)30-24-20(26-31-33-34-32-26)14-18(16-22(24)37-23)35-10-4-6-28-8-12-35;3-2(4,5)1(6)7/h14-17,28-29H,4-13H2,1-3H3,(H,31,32,33,34);(H,6,7)/q+1;/p-1. The molecular formula is C29H36F3N9O2S. The number of aromatic amines is 1. The number of carbonyl (C=O) groups is 1. The van der Waals surface area contributed by atoms with E-state index in [9.17, 15) is 13.2 Å². The predicted molar refractivity (Wildman–Crippen MR) is 164 cm³/mol. The highest BCUT2D eigenvalue weighted by atomic mass is 32.1. The van der Waals surface area contributed by atoms with E-state index in [1.807, 2.05) is 11.3 Å². The molecule has 3 N–H and O–H groups in total. The van der Waals surface area contributed by atoms with Crippen molar-refractivity contribution in [2.75, 3.05) is 62.2 Å². The van der Waals surface area contributed by atoms with Crippen LogP contribution >= 0.6 is 11.3 Å². The fourth-order valence-corrected chi connectivity index (χ4v) is 6.50. The zero-order valence-electron chi connectivity index (χ0n) is 24.9. The molecule has 2 saturated heterocycles. The van der Waals surface area contributed by atoms with E-state index < -0.39 is 12.1 Å². The lowest BCUT2D eigenvalue weighted by Crippen LogP contribution is -2.37. The molecule has 0 spiro atoms. The fraction of sp³-hybridized carbons (Fsp3) is 0.517. The number of aliphatic carboxylic acids is 1. The van der Waals surface area contributed by atoms with Crippen molar-refractivity contribution in [3.8, 4) is 11.4 Å². The molecular weight excluding hydrogens is 595 g/mol. The predicted octanol–water partition coefficient (Wildman–Crippen LogP) is 3.11. The van der Waals surface area contributed by atoms with Crippen LogP contribution in [0.4, 0.5) is 24.5 Å². The Hall–Kier alpha value is -3.69. The second kappa shape index (κ2) is 13.1. The van der Waals surface area contributed by atoms with E-state index in [-0.39, 0.29) is 5.41 Å². The van der Waals surface area contributed by atoms with Crippen LogP contribution in [0.2, 0.25) is 0 Å². The first-order valence-electron chi connectivity index (χ1n) is 14.6. The minimum absolute atomic E-state index is 0.0430. The molecule has 15 heteroatoms. The molecule has 0 amide bonds. The Kier molecular flexibility index (Phi) is 9.46. The summed E-state index contributed by atoms with van der Waals surface area (Å²) in [7, 11) is 0. The average molecular weight is 632 g/mol. The minimum atomic E-state index is -5.19. The van der Waals surface area contributed by atoms with Crippen molar-refractivity contribution in [3.05, 3.63) is 29.8 Å². The van der Waals surface area contributed by atoms with E-state index >= 15 is 0 Å². The Bertz CT molecular complexity index is 1590. The first-order valence-corrected chi connectivity index (χ1v) is 15.4. The number of alkyl halides is 3. The largest absolute Gasteiger partial charge is 0.542 e. The third-order valence-corrected chi connectivity index (χ3v) is 8.68. The van der Waals surface area contributed by atoms with Gasteiger partial charge in [-0.15, -0.1) is 5.10 Å². The summed E-state index contributed by atoms with van der Waals surface area (Å²) in [5.74, 6) is -2.35. The maximum Gasteiger partial charge on any atom is 0.430 e. The van der Waals surface area contributed by atoms with Crippen molar-refractivity contribution < 1.29 is 23.1 Å². The smallest absolute Gasteiger partial charge is 0.430 e. The van der Waals surface area contributed by atoms with Crippen LogP contribution in [-0.2, 0) is 10.2 Å². The zero-order valence-corrected chi connectivity index (χ0v) is 25.7. The van der Waals surface area contributed by atoms with Crippen LogP contribution in [0, 0.1) is 0 Å². The maximum atomic E-state index is 10.5. The lowest BCUT2D eigenvalue weighted by atomic mass is 9.86. The van der Waals surface area contributed by atoms with Crippen LogP contribution in [0.5, 0.6) is 0 Å². The molecule has 2 aliphatic rings. The van der Waals surface area contributed by atoms with E-state index in [1.54, 1.807) is 0 Å². The van der Waals surface area contributed by atoms with Crippen molar-refractivity contribution in [1.29, 1.82) is 0 Å². The summed E-state index contributed by atoms with van der Waals surface area (Å²) in [6, 6.07) is 9.24. The molecule has 6 rings (SSSR count). The Labute approximate surface area is 256 Å². The molecule has 0 atom stereocenters. The number of benzene rings is 2. The zero-order chi connectivity index (χ0) is 31.5. The monoisotopic (exact) mass is 631 g/mol. The number of carboxylic acid groups (broad SMARTS) is 1. The first kappa shape index (κ1) is 31.7. The number of anilines is 2. The summed E-state index contributed by atoms with van der Waals surface area (Å²) < 4.78 is 33.9. The van der Waals surface area contributed by atoms with E-state index in [0.29, 0.717) is 5.82 Å². The van der Waals surface area contributed by atoms with Crippen LogP contribution < -0.4 is 25.5 Å². The Morgan fingerprint density at radius 3 is 1.95 bits per heavy atom. The summed E-state index contributed by atoms with van der Waals surface area (Å²) in [6.07, 6.45) is -2.91. The molecule has 2 aromatic carbocycles. The highest BCUT2D eigenvalue weighted by Gasteiger charge is 2.29. The molecule has 0 bridgehead atoms. The van der Waals surface area contributed by atoms with Gasteiger partial charge in [-0.3, -0.25) is 0 Å². The Morgan fingerprint density at radius 2 is 1.43 bits per heavy atom. The van der Waals surface area contributed by atoms with E-state index in [1.165, 1.54) is 21.6 Å². The number of aromatic nitrogens is 5. The highest BCUT2D eigenvalue weighted by Crippen LogP contribution is 2.40.